The summed E-state index contributed by atoms with van der Waals surface area (Å²) in [6.07, 6.45) is 0. The minimum atomic E-state index is 0.107. The molecule has 20 heavy (non-hydrogen) atoms. The van der Waals surface area contributed by atoms with Gasteiger partial charge >= 0.3 is 0 Å². The molecule has 102 valence electrons. The van der Waals surface area contributed by atoms with E-state index in [0.717, 1.165) is 13.1 Å². The highest BCUT2D eigenvalue weighted by Gasteiger charge is 2.22. The van der Waals surface area contributed by atoms with Crippen LogP contribution in [0.2, 0.25) is 0 Å². The molecule has 1 heterocycles. The fourth-order valence-corrected chi connectivity index (χ4v) is 2.68. The lowest BCUT2D eigenvalue weighted by Gasteiger charge is -2.14. The quantitative estimate of drug-likeness (QED) is 0.798. The summed E-state index contributed by atoms with van der Waals surface area (Å²) in [6.45, 7) is 2.11. The summed E-state index contributed by atoms with van der Waals surface area (Å²) >= 11 is 0. The molecule has 2 aromatic rings. The molecular weight excluding hydrogens is 250 g/mol. The third-order valence-electron chi connectivity index (χ3n) is 3.68. The molecule has 0 bridgehead atoms. The van der Waals surface area contributed by atoms with Crippen LogP contribution in [0.1, 0.15) is 21.5 Å². The Morgan fingerprint density at radius 2 is 1.65 bits per heavy atom. The predicted octanol–water partition coefficient (Wildman–Crippen LogP) is 2.89. The first-order chi connectivity index (χ1) is 9.78. The Morgan fingerprint density at radius 1 is 1.05 bits per heavy atom. The molecule has 1 aliphatic rings. The number of ether oxygens (including phenoxy) is 1. The molecule has 0 amide bonds. The normalized spacial score (nSPS) is 14.1. The molecule has 0 saturated heterocycles. The lowest BCUT2D eigenvalue weighted by molar-refractivity contribution is 0.0926. The van der Waals surface area contributed by atoms with Gasteiger partial charge < -0.3 is 4.74 Å². The summed E-state index contributed by atoms with van der Waals surface area (Å²) in [5.41, 5.74) is 3.30. The smallest absolute Gasteiger partial charge is 0.180 e. The zero-order valence-corrected chi connectivity index (χ0v) is 11.5. The standard InChI is InChI=1S/C17H17NO2/c1-20-17-9-5-4-8-15(17)16(19)12-18-10-13-6-2-3-7-14(13)11-18/h2-9H,10-12H2,1H3. The van der Waals surface area contributed by atoms with Crippen molar-refractivity contribution in [2.24, 2.45) is 0 Å². The van der Waals surface area contributed by atoms with Crippen molar-refractivity contribution in [3.05, 3.63) is 65.2 Å². The highest BCUT2D eigenvalue weighted by molar-refractivity contribution is 6.00. The average Bonchev–Trinajstić information content (AvgIpc) is 2.89. The maximum Gasteiger partial charge on any atom is 0.180 e. The van der Waals surface area contributed by atoms with E-state index in [4.69, 9.17) is 4.74 Å². The van der Waals surface area contributed by atoms with Crippen molar-refractivity contribution < 1.29 is 9.53 Å². The van der Waals surface area contributed by atoms with Crippen molar-refractivity contribution in [2.45, 2.75) is 13.1 Å². The topological polar surface area (TPSA) is 29.5 Å². The summed E-state index contributed by atoms with van der Waals surface area (Å²) in [6, 6.07) is 15.7. The SMILES string of the molecule is COc1ccccc1C(=O)CN1Cc2ccccc2C1. The summed E-state index contributed by atoms with van der Waals surface area (Å²) in [7, 11) is 1.60. The number of hydrogen-bond donors (Lipinski definition) is 0. The van der Waals surface area contributed by atoms with Crippen LogP contribution in [0.3, 0.4) is 0 Å². The van der Waals surface area contributed by atoms with Crippen molar-refractivity contribution in [3.8, 4) is 5.75 Å². The molecule has 0 radical (unpaired) electrons. The van der Waals surface area contributed by atoms with Gasteiger partial charge in [-0.1, -0.05) is 36.4 Å². The molecule has 0 fully saturated rings. The molecule has 2 aromatic carbocycles. The van der Waals surface area contributed by atoms with Gasteiger partial charge in [-0.2, -0.15) is 0 Å². The van der Waals surface area contributed by atoms with Crippen LogP contribution >= 0.6 is 0 Å². The van der Waals surface area contributed by atoms with E-state index in [2.05, 4.69) is 17.0 Å². The number of carbonyl (C=O) groups excluding carboxylic acids is 1. The third kappa shape index (κ3) is 2.45. The highest BCUT2D eigenvalue weighted by atomic mass is 16.5. The fraction of sp³-hybridized carbons (Fsp3) is 0.235. The number of fused-ring (bicyclic) bond motifs is 1. The minimum absolute atomic E-state index is 0.107. The second-order valence-electron chi connectivity index (χ2n) is 5.04. The second kappa shape index (κ2) is 5.47. The van der Waals surface area contributed by atoms with Crippen LogP contribution in [0.4, 0.5) is 0 Å². The summed E-state index contributed by atoms with van der Waals surface area (Å²) in [5.74, 6) is 0.754. The lowest BCUT2D eigenvalue weighted by Crippen LogP contribution is -2.25. The van der Waals surface area contributed by atoms with E-state index in [1.165, 1.54) is 11.1 Å². The Kier molecular flexibility index (Phi) is 3.52. The number of Topliss-reactive ketones (excluding diaryl/α,β-unsaturated/α-hetero) is 1. The number of benzene rings is 2. The second-order valence-corrected chi connectivity index (χ2v) is 5.04. The van der Waals surface area contributed by atoms with Crippen LogP contribution in [0, 0.1) is 0 Å². The maximum atomic E-state index is 12.4. The number of methoxy groups -OCH3 is 1. The van der Waals surface area contributed by atoms with Crippen LogP contribution in [-0.2, 0) is 13.1 Å². The molecule has 0 aliphatic carbocycles. The Bertz CT molecular complexity index is 611. The van der Waals surface area contributed by atoms with Crippen LogP contribution in [0.25, 0.3) is 0 Å². The third-order valence-corrected chi connectivity index (χ3v) is 3.68. The van der Waals surface area contributed by atoms with E-state index >= 15 is 0 Å². The van der Waals surface area contributed by atoms with Gasteiger partial charge in [0.1, 0.15) is 5.75 Å². The Balaban J connectivity index is 1.72. The van der Waals surface area contributed by atoms with Gasteiger partial charge in [0.2, 0.25) is 0 Å². The summed E-state index contributed by atoms with van der Waals surface area (Å²) in [4.78, 5) is 14.6. The summed E-state index contributed by atoms with van der Waals surface area (Å²) < 4.78 is 5.25. The van der Waals surface area contributed by atoms with Crippen LogP contribution in [0.15, 0.2) is 48.5 Å². The molecule has 3 nitrogen and oxygen atoms in total. The van der Waals surface area contributed by atoms with Crippen molar-refractivity contribution in [3.63, 3.8) is 0 Å². The number of hydrogen-bond acceptors (Lipinski definition) is 3. The number of rotatable bonds is 4. The molecule has 3 rings (SSSR count). The van der Waals surface area contributed by atoms with Crippen molar-refractivity contribution in [1.82, 2.24) is 4.90 Å². The van der Waals surface area contributed by atoms with Crippen LogP contribution < -0.4 is 4.74 Å². The van der Waals surface area contributed by atoms with Crippen molar-refractivity contribution >= 4 is 5.78 Å². The number of ketones is 1. The van der Waals surface area contributed by atoms with E-state index < -0.39 is 0 Å². The van der Waals surface area contributed by atoms with Gasteiger partial charge in [-0.3, -0.25) is 9.69 Å². The first-order valence-corrected chi connectivity index (χ1v) is 6.73. The number of nitrogens with zero attached hydrogens (tertiary/aromatic N) is 1. The molecule has 0 atom stereocenters. The first-order valence-electron chi connectivity index (χ1n) is 6.73. The molecule has 3 heteroatoms. The highest BCUT2D eigenvalue weighted by Crippen LogP contribution is 2.24. The lowest BCUT2D eigenvalue weighted by atomic mass is 10.1. The average molecular weight is 267 g/mol. The molecule has 0 saturated carbocycles. The van der Waals surface area contributed by atoms with Crippen molar-refractivity contribution in [1.29, 1.82) is 0 Å². The first kappa shape index (κ1) is 12.9. The van der Waals surface area contributed by atoms with E-state index in [9.17, 15) is 4.79 Å². The number of carbonyl (C=O) groups is 1. The minimum Gasteiger partial charge on any atom is -0.496 e. The van der Waals surface area contributed by atoms with E-state index in [0.29, 0.717) is 17.9 Å². The van der Waals surface area contributed by atoms with E-state index in [-0.39, 0.29) is 5.78 Å². The van der Waals surface area contributed by atoms with E-state index in [1.54, 1.807) is 7.11 Å². The predicted molar refractivity (Wildman–Crippen MR) is 77.9 cm³/mol. The van der Waals surface area contributed by atoms with Gasteiger partial charge in [-0.05, 0) is 23.3 Å². The Hall–Kier alpha value is -2.13. The van der Waals surface area contributed by atoms with Gasteiger partial charge in [0, 0.05) is 13.1 Å². The van der Waals surface area contributed by atoms with Gasteiger partial charge in [0.15, 0.2) is 5.78 Å². The van der Waals surface area contributed by atoms with Crippen LogP contribution in [-0.4, -0.2) is 24.3 Å². The maximum absolute atomic E-state index is 12.4. The van der Waals surface area contributed by atoms with Gasteiger partial charge in [0.25, 0.3) is 0 Å². The fourth-order valence-electron chi connectivity index (χ4n) is 2.68. The molecule has 0 N–H and O–H groups in total. The molecule has 1 aliphatic heterocycles. The molecule has 0 spiro atoms. The van der Waals surface area contributed by atoms with Gasteiger partial charge in [0.05, 0.1) is 19.2 Å². The summed E-state index contributed by atoms with van der Waals surface area (Å²) in [5, 5.41) is 0. The van der Waals surface area contributed by atoms with Crippen LogP contribution in [0.5, 0.6) is 5.75 Å². The Morgan fingerprint density at radius 3 is 2.30 bits per heavy atom. The molecule has 0 unspecified atom stereocenters. The van der Waals surface area contributed by atoms with Crippen molar-refractivity contribution in [2.75, 3.05) is 13.7 Å². The zero-order chi connectivity index (χ0) is 13.9. The van der Waals surface area contributed by atoms with E-state index in [1.807, 2.05) is 36.4 Å². The molecule has 0 aromatic heterocycles. The van der Waals surface area contributed by atoms with Gasteiger partial charge in [-0.15, -0.1) is 0 Å². The molecular formula is C17H17NO2. The largest absolute Gasteiger partial charge is 0.496 e. The number of para-hydroxylation sites is 1. The monoisotopic (exact) mass is 267 g/mol. The zero-order valence-electron chi connectivity index (χ0n) is 11.5. The Labute approximate surface area is 118 Å². The van der Waals surface area contributed by atoms with Gasteiger partial charge in [-0.25, -0.2) is 0 Å².